The quantitative estimate of drug-likeness (QED) is 0.925. The lowest BCUT2D eigenvalue weighted by molar-refractivity contribution is -0.119. The van der Waals surface area contributed by atoms with Gasteiger partial charge in [-0.2, -0.15) is 0 Å². The van der Waals surface area contributed by atoms with Crippen molar-refractivity contribution in [3.05, 3.63) is 28.5 Å². The number of nitrogens with one attached hydrogen (secondary N) is 1. The van der Waals surface area contributed by atoms with Crippen LogP contribution in [0.5, 0.6) is 0 Å². The molecule has 5 heteroatoms. The molecule has 2 rings (SSSR count). The van der Waals surface area contributed by atoms with Gasteiger partial charge in [0, 0.05) is 17.9 Å². The van der Waals surface area contributed by atoms with E-state index in [4.69, 9.17) is 0 Å². The first-order valence-electron chi connectivity index (χ1n) is 6.50. The van der Waals surface area contributed by atoms with Gasteiger partial charge in [0.15, 0.2) is 0 Å². The van der Waals surface area contributed by atoms with Crippen molar-refractivity contribution >= 4 is 27.5 Å². The van der Waals surface area contributed by atoms with E-state index in [2.05, 4.69) is 21.2 Å². The van der Waals surface area contributed by atoms with Crippen molar-refractivity contribution in [1.29, 1.82) is 0 Å². The van der Waals surface area contributed by atoms with Gasteiger partial charge in [0.1, 0.15) is 5.82 Å². The lowest BCUT2D eigenvalue weighted by Crippen LogP contribution is -2.33. The highest BCUT2D eigenvalue weighted by atomic mass is 79.9. The fourth-order valence-corrected chi connectivity index (χ4v) is 2.70. The first kappa shape index (κ1) is 14.5. The predicted octanol–water partition coefficient (Wildman–Crippen LogP) is 2.94. The van der Waals surface area contributed by atoms with Gasteiger partial charge in [-0.25, -0.2) is 4.39 Å². The van der Waals surface area contributed by atoms with E-state index in [0.717, 1.165) is 30.4 Å². The fourth-order valence-electron chi connectivity index (χ4n) is 2.35. The molecule has 1 N–H and O–H groups in total. The van der Waals surface area contributed by atoms with Crippen LogP contribution in [-0.4, -0.2) is 26.0 Å². The molecule has 1 heterocycles. The van der Waals surface area contributed by atoms with E-state index in [0.29, 0.717) is 18.0 Å². The molecule has 1 aromatic rings. The van der Waals surface area contributed by atoms with Crippen LogP contribution in [0.2, 0.25) is 0 Å². The standard InChI is InChI=1S/C14H18BrFN2O/c1-18(13-9-11(15)2-3-12(13)16)14(19)8-10-4-6-17-7-5-10/h2-3,9-10,17H,4-8H2,1H3. The summed E-state index contributed by atoms with van der Waals surface area (Å²) in [6.07, 6.45) is 2.52. The number of hydrogen-bond acceptors (Lipinski definition) is 2. The van der Waals surface area contributed by atoms with Gasteiger partial charge in [-0.3, -0.25) is 4.79 Å². The van der Waals surface area contributed by atoms with E-state index in [1.807, 2.05) is 0 Å². The maximum atomic E-state index is 13.7. The molecule has 1 fully saturated rings. The van der Waals surface area contributed by atoms with E-state index in [9.17, 15) is 9.18 Å². The normalized spacial score (nSPS) is 16.4. The number of halogens is 2. The Hall–Kier alpha value is -0.940. The smallest absolute Gasteiger partial charge is 0.227 e. The van der Waals surface area contributed by atoms with Gasteiger partial charge in [0.25, 0.3) is 0 Å². The van der Waals surface area contributed by atoms with Crippen molar-refractivity contribution in [3.63, 3.8) is 0 Å². The van der Waals surface area contributed by atoms with Crippen LogP contribution in [0.25, 0.3) is 0 Å². The highest BCUT2D eigenvalue weighted by Crippen LogP contribution is 2.25. The Labute approximate surface area is 121 Å². The van der Waals surface area contributed by atoms with Crippen LogP contribution in [-0.2, 0) is 4.79 Å². The molecule has 0 spiro atoms. The lowest BCUT2D eigenvalue weighted by atomic mass is 9.94. The molecule has 0 atom stereocenters. The van der Waals surface area contributed by atoms with Crippen molar-refractivity contribution in [2.24, 2.45) is 5.92 Å². The number of benzene rings is 1. The molecule has 3 nitrogen and oxygen atoms in total. The zero-order valence-corrected chi connectivity index (χ0v) is 12.5. The Balaban J connectivity index is 2.03. The Morgan fingerprint density at radius 2 is 2.16 bits per heavy atom. The summed E-state index contributed by atoms with van der Waals surface area (Å²) in [4.78, 5) is 13.6. The lowest BCUT2D eigenvalue weighted by Gasteiger charge is -2.25. The molecule has 1 aromatic carbocycles. The molecule has 1 aliphatic rings. The van der Waals surface area contributed by atoms with E-state index < -0.39 is 0 Å². The van der Waals surface area contributed by atoms with Gasteiger partial charge < -0.3 is 10.2 Å². The van der Waals surface area contributed by atoms with E-state index in [1.165, 1.54) is 11.0 Å². The third-order valence-corrected chi connectivity index (χ3v) is 4.06. The van der Waals surface area contributed by atoms with Gasteiger partial charge in [-0.05, 0) is 50.0 Å². The zero-order chi connectivity index (χ0) is 13.8. The maximum Gasteiger partial charge on any atom is 0.227 e. The van der Waals surface area contributed by atoms with Crippen molar-refractivity contribution in [2.75, 3.05) is 25.0 Å². The maximum absolute atomic E-state index is 13.7. The monoisotopic (exact) mass is 328 g/mol. The average Bonchev–Trinajstić information content (AvgIpc) is 2.42. The second kappa shape index (κ2) is 6.48. The van der Waals surface area contributed by atoms with Crippen molar-refractivity contribution in [3.8, 4) is 0 Å². The average molecular weight is 329 g/mol. The highest BCUT2D eigenvalue weighted by Gasteiger charge is 2.21. The molecule has 0 unspecified atom stereocenters. The molecule has 0 aromatic heterocycles. The minimum absolute atomic E-state index is 0.0242. The highest BCUT2D eigenvalue weighted by molar-refractivity contribution is 9.10. The van der Waals surface area contributed by atoms with Crippen LogP contribution < -0.4 is 10.2 Å². The van der Waals surface area contributed by atoms with E-state index in [1.54, 1.807) is 19.2 Å². The van der Waals surface area contributed by atoms with Crippen LogP contribution >= 0.6 is 15.9 Å². The van der Waals surface area contributed by atoms with Gasteiger partial charge >= 0.3 is 0 Å². The number of piperidine rings is 1. The summed E-state index contributed by atoms with van der Waals surface area (Å²) < 4.78 is 14.5. The van der Waals surface area contributed by atoms with Crippen LogP contribution in [0.15, 0.2) is 22.7 Å². The number of nitrogens with zero attached hydrogens (tertiary/aromatic N) is 1. The Morgan fingerprint density at radius 1 is 1.47 bits per heavy atom. The molecule has 1 saturated heterocycles. The van der Waals surface area contributed by atoms with Crippen molar-refractivity contribution < 1.29 is 9.18 Å². The molecule has 19 heavy (non-hydrogen) atoms. The third kappa shape index (κ3) is 3.76. The molecular weight excluding hydrogens is 311 g/mol. The summed E-state index contributed by atoms with van der Waals surface area (Å²) in [6, 6.07) is 4.63. The van der Waals surface area contributed by atoms with Gasteiger partial charge in [0.05, 0.1) is 5.69 Å². The van der Waals surface area contributed by atoms with Crippen LogP contribution in [0, 0.1) is 11.7 Å². The molecule has 0 saturated carbocycles. The number of anilines is 1. The van der Waals surface area contributed by atoms with Crippen molar-refractivity contribution in [2.45, 2.75) is 19.3 Å². The van der Waals surface area contributed by atoms with Gasteiger partial charge in [-0.1, -0.05) is 15.9 Å². The second-order valence-corrected chi connectivity index (χ2v) is 5.86. The van der Waals surface area contributed by atoms with Gasteiger partial charge in [-0.15, -0.1) is 0 Å². The predicted molar refractivity (Wildman–Crippen MR) is 77.7 cm³/mol. The molecule has 1 amide bonds. The minimum atomic E-state index is -0.371. The third-order valence-electron chi connectivity index (χ3n) is 3.57. The minimum Gasteiger partial charge on any atom is -0.317 e. The molecule has 104 valence electrons. The topological polar surface area (TPSA) is 32.3 Å². The second-order valence-electron chi connectivity index (χ2n) is 4.95. The van der Waals surface area contributed by atoms with E-state index >= 15 is 0 Å². The summed E-state index contributed by atoms with van der Waals surface area (Å²) in [6.45, 7) is 1.93. The first-order valence-corrected chi connectivity index (χ1v) is 7.29. The van der Waals surface area contributed by atoms with E-state index in [-0.39, 0.29) is 11.7 Å². The molecule has 0 bridgehead atoms. The number of hydrogen-bond donors (Lipinski definition) is 1. The summed E-state index contributed by atoms with van der Waals surface area (Å²) in [5.74, 6) is 0.0136. The molecule has 0 aliphatic carbocycles. The summed E-state index contributed by atoms with van der Waals surface area (Å²) in [5.41, 5.74) is 0.327. The van der Waals surface area contributed by atoms with Crippen LogP contribution in [0.4, 0.5) is 10.1 Å². The van der Waals surface area contributed by atoms with Crippen LogP contribution in [0.1, 0.15) is 19.3 Å². The Morgan fingerprint density at radius 3 is 2.84 bits per heavy atom. The largest absolute Gasteiger partial charge is 0.317 e. The first-order chi connectivity index (χ1) is 9.08. The molecule has 1 aliphatic heterocycles. The summed E-state index contributed by atoms with van der Waals surface area (Å²) >= 11 is 3.30. The summed E-state index contributed by atoms with van der Waals surface area (Å²) in [5, 5.41) is 3.27. The fraction of sp³-hybridized carbons (Fsp3) is 0.500. The Kier molecular flexibility index (Phi) is 4.93. The zero-order valence-electron chi connectivity index (χ0n) is 11.0. The summed E-state index contributed by atoms with van der Waals surface area (Å²) in [7, 11) is 1.63. The number of amides is 1. The molecular formula is C14H18BrFN2O. The molecule has 0 radical (unpaired) electrons. The van der Waals surface area contributed by atoms with Crippen molar-refractivity contribution in [1.82, 2.24) is 5.32 Å². The van der Waals surface area contributed by atoms with Crippen LogP contribution in [0.3, 0.4) is 0 Å². The number of carbonyl (C=O) groups is 1. The number of carbonyl (C=O) groups excluding carboxylic acids is 1. The Bertz CT molecular complexity index is 461. The number of rotatable bonds is 3. The van der Waals surface area contributed by atoms with Gasteiger partial charge in [0.2, 0.25) is 5.91 Å². The SMILES string of the molecule is CN(C(=O)CC1CCNCC1)c1cc(Br)ccc1F.